The summed E-state index contributed by atoms with van der Waals surface area (Å²) in [7, 11) is 0. The van der Waals surface area contributed by atoms with E-state index in [0.717, 1.165) is 22.5 Å². The first kappa shape index (κ1) is 12.2. The number of hydrogen-bond acceptors (Lipinski definition) is 3. The van der Waals surface area contributed by atoms with Gasteiger partial charge in [-0.3, -0.25) is 4.79 Å². The Morgan fingerprint density at radius 1 is 1.11 bits per heavy atom. The second-order valence-corrected chi connectivity index (χ2v) is 4.20. The van der Waals surface area contributed by atoms with E-state index in [-0.39, 0.29) is 5.91 Å². The normalized spacial score (nSPS) is 10.2. The number of aryl methyl sites for hydroxylation is 2. The molecule has 0 bridgehead atoms. The number of benzene rings is 1. The quantitative estimate of drug-likeness (QED) is 0.879. The Kier molecular flexibility index (Phi) is 3.37. The minimum absolute atomic E-state index is 0.202. The first-order chi connectivity index (χ1) is 8.59. The number of carbonyl (C=O) groups excluding carboxylic acids is 1. The highest BCUT2D eigenvalue weighted by Gasteiger charge is 2.13. The molecule has 0 radical (unpaired) electrons. The molecule has 0 aliphatic rings. The van der Waals surface area contributed by atoms with Gasteiger partial charge < -0.3 is 5.32 Å². The molecule has 0 aliphatic carbocycles. The van der Waals surface area contributed by atoms with Crippen LogP contribution in [0.1, 0.15) is 27.3 Å². The molecule has 1 aromatic heterocycles. The Labute approximate surface area is 106 Å². The molecular weight excluding hydrogens is 226 g/mol. The molecule has 0 saturated heterocycles. The molecule has 0 unspecified atom stereocenters. The highest BCUT2D eigenvalue weighted by molar-refractivity contribution is 6.04. The van der Waals surface area contributed by atoms with Crippen molar-refractivity contribution < 1.29 is 4.79 Å². The zero-order valence-corrected chi connectivity index (χ0v) is 10.7. The first-order valence-electron chi connectivity index (χ1n) is 5.75. The minimum Gasteiger partial charge on any atom is -0.320 e. The van der Waals surface area contributed by atoms with E-state index in [2.05, 4.69) is 15.3 Å². The second-order valence-electron chi connectivity index (χ2n) is 4.20. The number of nitrogens with zero attached hydrogens (tertiary/aromatic N) is 2. The Hall–Kier alpha value is -2.23. The lowest BCUT2D eigenvalue weighted by Crippen LogP contribution is -2.16. The van der Waals surface area contributed by atoms with Crippen molar-refractivity contribution in [1.82, 2.24) is 9.97 Å². The number of carbonyl (C=O) groups is 1. The van der Waals surface area contributed by atoms with Gasteiger partial charge in [0.25, 0.3) is 5.91 Å². The zero-order valence-electron chi connectivity index (χ0n) is 10.7. The van der Waals surface area contributed by atoms with E-state index in [1.807, 2.05) is 45.0 Å². The summed E-state index contributed by atoms with van der Waals surface area (Å²) in [5.74, 6) is -0.202. The summed E-state index contributed by atoms with van der Waals surface area (Å²) in [5, 5.41) is 2.87. The average Bonchev–Trinajstić information content (AvgIpc) is 2.35. The maximum absolute atomic E-state index is 12.1. The van der Waals surface area contributed by atoms with Crippen LogP contribution >= 0.6 is 0 Å². The number of para-hydroxylation sites is 1. The van der Waals surface area contributed by atoms with E-state index in [1.54, 1.807) is 0 Å². The van der Waals surface area contributed by atoms with Gasteiger partial charge in [0, 0.05) is 16.9 Å². The van der Waals surface area contributed by atoms with Crippen LogP contribution in [0.2, 0.25) is 0 Å². The summed E-state index contributed by atoms with van der Waals surface area (Å²) in [6.45, 7) is 5.66. The van der Waals surface area contributed by atoms with Gasteiger partial charge in [0.2, 0.25) is 0 Å². The fraction of sp³-hybridized carbons (Fsp3) is 0.214. The van der Waals surface area contributed by atoms with E-state index in [4.69, 9.17) is 0 Å². The van der Waals surface area contributed by atoms with Gasteiger partial charge >= 0.3 is 0 Å². The molecule has 1 amide bonds. The van der Waals surface area contributed by atoms with E-state index in [0.29, 0.717) is 5.69 Å². The van der Waals surface area contributed by atoms with Gasteiger partial charge in [0.15, 0.2) is 0 Å². The third-order valence-electron chi connectivity index (χ3n) is 2.94. The van der Waals surface area contributed by atoms with Crippen LogP contribution in [0.25, 0.3) is 0 Å². The van der Waals surface area contributed by atoms with Crippen molar-refractivity contribution in [1.29, 1.82) is 0 Å². The van der Waals surface area contributed by atoms with Crippen LogP contribution in [-0.2, 0) is 0 Å². The molecule has 2 rings (SSSR count). The minimum atomic E-state index is -0.202. The van der Waals surface area contributed by atoms with E-state index >= 15 is 0 Å². The molecule has 2 aromatic rings. The molecule has 4 nitrogen and oxygen atoms in total. The Balaban J connectivity index is 2.28. The molecule has 0 saturated carbocycles. The highest BCUT2D eigenvalue weighted by Crippen LogP contribution is 2.15. The summed E-state index contributed by atoms with van der Waals surface area (Å²) in [5.41, 5.74) is 3.88. The lowest BCUT2D eigenvalue weighted by molar-refractivity contribution is 0.102. The van der Waals surface area contributed by atoms with Gasteiger partial charge in [-0.05, 0) is 32.4 Å². The van der Waals surface area contributed by atoms with Gasteiger partial charge in [-0.25, -0.2) is 9.97 Å². The van der Waals surface area contributed by atoms with Crippen LogP contribution < -0.4 is 5.32 Å². The summed E-state index contributed by atoms with van der Waals surface area (Å²) < 4.78 is 0. The maximum atomic E-state index is 12.1. The molecule has 18 heavy (non-hydrogen) atoms. The average molecular weight is 241 g/mol. The molecule has 1 N–H and O–H groups in total. The highest BCUT2D eigenvalue weighted by atomic mass is 16.1. The zero-order chi connectivity index (χ0) is 13.1. The predicted molar refractivity (Wildman–Crippen MR) is 70.6 cm³/mol. The smallest absolute Gasteiger partial charge is 0.274 e. The van der Waals surface area contributed by atoms with Gasteiger partial charge in [0.1, 0.15) is 12.0 Å². The standard InChI is InChI=1S/C14H15N3O/c1-9-6-4-5-7-12(9)17-14(18)13-10(2)11(3)15-8-16-13/h4-8H,1-3H3,(H,17,18). The van der Waals surface area contributed by atoms with Crippen molar-refractivity contribution in [2.45, 2.75) is 20.8 Å². The number of hydrogen-bond donors (Lipinski definition) is 1. The van der Waals surface area contributed by atoms with Crippen LogP contribution in [0.15, 0.2) is 30.6 Å². The molecule has 1 heterocycles. The van der Waals surface area contributed by atoms with Crippen LogP contribution in [0, 0.1) is 20.8 Å². The van der Waals surface area contributed by atoms with Crippen molar-refractivity contribution in [2.75, 3.05) is 5.32 Å². The van der Waals surface area contributed by atoms with Crippen LogP contribution in [0.3, 0.4) is 0 Å². The van der Waals surface area contributed by atoms with Crippen molar-refractivity contribution in [3.05, 3.63) is 53.1 Å². The van der Waals surface area contributed by atoms with Gasteiger partial charge in [0.05, 0.1) is 0 Å². The van der Waals surface area contributed by atoms with Crippen LogP contribution in [0.4, 0.5) is 5.69 Å². The summed E-state index contributed by atoms with van der Waals surface area (Å²) in [6.07, 6.45) is 1.41. The SMILES string of the molecule is Cc1ccccc1NC(=O)c1ncnc(C)c1C. The number of aromatic nitrogens is 2. The van der Waals surface area contributed by atoms with Crippen molar-refractivity contribution in [3.8, 4) is 0 Å². The lowest BCUT2D eigenvalue weighted by Gasteiger charge is -2.09. The van der Waals surface area contributed by atoms with Crippen molar-refractivity contribution in [3.63, 3.8) is 0 Å². The van der Waals surface area contributed by atoms with Crippen LogP contribution in [-0.4, -0.2) is 15.9 Å². The number of rotatable bonds is 2. The number of nitrogens with one attached hydrogen (secondary N) is 1. The third kappa shape index (κ3) is 2.37. The van der Waals surface area contributed by atoms with Crippen molar-refractivity contribution >= 4 is 11.6 Å². The molecular formula is C14H15N3O. The van der Waals surface area contributed by atoms with Gasteiger partial charge in [-0.2, -0.15) is 0 Å². The Bertz CT molecular complexity index is 593. The summed E-state index contributed by atoms with van der Waals surface area (Å²) >= 11 is 0. The van der Waals surface area contributed by atoms with Crippen LogP contribution in [0.5, 0.6) is 0 Å². The lowest BCUT2D eigenvalue weighted by atomic mass is 10.1. The van der Waals surface area contributed by atoms with Gasteiger partial charge in [-0.1, -0.05) is 18.2 Å². The number of anilines is 1. The largest absolute Gasteiger partial charge is 0.320 e. The molecule has 0 spiro atoms. The fourth-order valence-electron chi connectivity index (χ4n) is 1.66. The number of amides is 1. The topological polar surface area (TPSA) is 54.9 Å². The summed E-state index contributed by atoms with van der Waals surface area (Å²) in [4.78, 5) is 20.2. The van der Waals surface area contributed by atoms with Crippen molar-refractivity contribution in [2.24, 2.45) is 0 Å². The second kappa shape index (κ2) is 4.96. The van der Waals surface area contributed by atoms with E-state index in [1.165, 1.54) is 6.33 Å². The Morgan fingerprint density at radius 2 is 1.83 bits per heavy atom. The molecule has 0 aliphatic heterocycles. The molecule has 1 aromatic carbocycles. The fourth-order valence-corrected chi connectivity index (χ4v) is 1.66. The first-order valence-corrected chi connectivity index (χ1v) is 5.75. The predicted octanol–water partition coefficient (Wildman–Crippen LogP) is 2.65. The van der Waals surface area contributed by atoms with E-state index in [9.17, 15) is 4.79 Å². The molecule has 0 fully saturated rings. The maximum Gasteiger partial charge on any atom is 0.274 e. The monoisotopic (exact) mass is 241 g/mol. The van der Waals surface area contributed by atoms with Gasteiger partial charge in [-0.15, -0.1) is 0 Å². The summed E-state index contributed by atoms with van der Waals surface area (Å²) in [6, 6.07) is 7.65. The molecule has 0 atom stereocenters. The van der Waals surface area contributed by atoms with E-state index < -0.39 is 0 Å². The molecule has 4 heteroatoms. The third-order valence-corrected chi connectivity index (χ3v) is 2.94. The molecule has 92 valence electrons. The Morgan fingerprint density at radius 3 is 2.56 bits per heavy atom.